The minimum Gasteiger partial charge on any atom is -0.352 e. The van der Waals surface area contributed by atoms with E-state index in [1.54, 1.807) is 6.07 Å². The van der Waals surface area contributed by atoms with Crippen molar-refractivity contribution in [1.29, 1.82) is 0 Å². The summed E-state index contributed by atoms with van der Waals surface area (Å²) in [5, 5.41) is 2.89. The average molecular weight is 257 g/mol. The first-order valence-corrected chi connectivity index (χ1v) is 7.21. The van der Waals surface area contributed by atoms with Gasteiger partial charge < -0.3 is 5.32 Å². The second-order valence-corrected chi connectivity index (χ2v) is 5.58. The lowest BCUT2D eigenvalue weighted by Gasteiger charge is -2.11. The van der Waals surface area contributed by atoms with Crippen LogP contribution in [-0.2, 0) is 6.42 Å². The van der Waals surface area contributed by atoms with Crippen molar-refractivity contribution in [3.63, 3.8) is 0 Å². The van der Waals surface area contributed by atoms with Crippen LogP contribution in [0.15, 0.2) is 18.2 Å². The van der Waals surface area contributed by atoms with Gasteiger partial charge in [-0.2, -0.15) is 0 Å². The molecule has 3 rings (SSSR count). The van der Waals surface area contributed by atoms with Crippen LogP contribution in [0.3, 0.4) is 0 Å². The lowest BCUT2D eigenvalue weighted by Crippen LogP contribution is -2.23. The molecule has 3 heteroatoms. The zero-order chi connectivity index (χ0) is 13.2. The number of fused-ring (bicyclic) bond motifs is 1. The molecular weight excluding hydrogens is 238 g/mol. The van der Waals surface area contributed by atoms with Crippen LogP contribution in [0.25, 0.3) is 0 Å². The maximum atomic E-state index is 12.4. The van der Waals surface area contributed by atoms with E-state index in [0.29, 0.717) is 11.1 Å². The van der Waals surface area contributed by atoms with E-state index < -0.39 is 0 Å². The van der Waals surface area contributed by atoms with Gasteiger partial charge in [-0.05, 0) is 37.3 Å². The number of hydrogen-bond donors (Lipinski definition) is 1. The van der Waals surface area contributed by atoms with Crippen LogP contribution in [0, 0.1) is 5.92 Å². The Labute approximate surface area is 113 Å². The highest BCUT2D eigenvalue weighted by molar-refractivity contribution is 6.02. The first-order chi connectivity index (χ1) is 9.25. The second kappa shape index (κ2) is 5.16. The molecule has 1 heterocycles. The van der Waals surface area contributed by atoms with Crippen LogP contribution in [0.5, 0.6) is 0 Å². The fraction of sp³-hybridized carbons (Fsp3) is 0.500. The van der Waals surface area contributed by atoms with Gasteiger partial charge in [-0.1, -0.05) is 25.0 Å². The quantitative estimate of drug-likeness (QED) is 0.828. The molecule has 1 aliphatic carbocycles. The van der Waals surface area contributed by atoms with Gasteiger partial charge in [0, 0.05) is 23.6 Å². The summed E-state index contributed by atoms with van der Waals surface area (Å²) in [6, 6.07) is 5.66. The topological polar surface area (TPSA) is 46.2 Å². The molecule has 19 heavy (non-hydrogen) atoms. The number of hydrogen-bond acceptors (Lipinski definition) is 2. The van der Waals surface area contributed by atoms with Crippen molar-refractivity contribution in [1.82, 2.24) is 5.32 Å². The highest BCUT2D eigenvalue weighted by Crippen LogP contribution is 2.29. The molecule has 0 atom stereocenters. The minimum atomic E-state index is -0.0337. The Balaban J connectivity index is 1.91. The van der Waals surface area contributed by atoms with Crippen LogP contribution >= 0.6 is 0 Å². The Morgan fingerprint density at radius 2 is 1.95 bits per heavy atom. The van der Waals surface area contributed by atoms with Crippen molar-refractivity contribution < 1.29 is 9.59 Å². The highest BCUT2D eigenvalue weighted by Gasteiger charge is 2.25. The van der Waals surface area contributed by atoms with Gasteiger partial charge in [0.15, 0.2) is 5.78 Å². The van der Waals surface area contributed by atoms with Gasteiger partial charge in [0.05, 0.1) is 0 Å². The Bertz CT molecular complexity index is 515. The van der Waals surface area contributed by atoms with Crippen LogP contribution < -0.4 is 5.32 Å². The zero-order valence-corrected chi connectivity index (χ0v) is 11.1. The predicted octanol–water partition coefficient (Wildman–Crippen LogP) is 2.74. The Kier molecular flexibility index (Phi) is 3.36. The Hall–Kier alpha value is -1.64. The molecule has 0 spiro atoms. The van der Waals surface area contributed by atoms with E-state index in [1.165, 1.54) is 0 Å². The molecule has 1 amide bonds. The molecule has 0 aromatic heterocycles. The van der Waals surface area contributed by atoms with Gasteiger partial charge in [0.25, 0.3) is 5.91 Å². The van der Waals surface area contributed by atoms with Crippen molar-refractivity contribution >= 4 is 11.7 Å². The molecule has 1 aromatic carbocycles. The highest BCUT2D eigenvalue weighted by atomic mass is 16.1. The molecule has 0 radical (unpaired) electrons. The number of ketones is 1. The molecule has 0 bridgehead atoms. The number of carbonyl (C=O) groups excluding carboxylic acids is 2. The van der Waals surface area contributed by atoms with Crippen LogP contribution in [0.4, 0.5) is 0 Å². The Morgan fingerprint density at radius 1 is 1.16 bits per heavy atom. The van der Waals surface area contributed by atoms with Crippen molar-refractivity contribution in [2.24, 2.45) is 5.92 Å². The summed E-state index contributed by atoms with van der Waals surface area (Å²) < 4.78 is 0. The smallest absolute Gasteiger partial charge is 0.251 e. The monoisotopic (exact) mass is 257 g/mol. The SMILES string of the molecule is O=C1NCCCc2ccc(C(=O)C3CCCC3)cc21. The summed E-state index contributed by atoms with van der Waals surface area (Å²) in [6.07, 6.45) is 6.19. The minimum absolute atomic E-state index is 0.0337. The van der Waals surface area contributed by atoms with E-state index in [4.69, 9.17) is 0 Å². The number of carbonyl (C=O) groups is 2. The van der Waals surface area contributed by atoms with Crippen molar-refractivity contribution in [3.8, 4) is 0 Å². The molecule has 0 unspecified atom stereocenters. The summed E-state index contributed by atoms with van der Waals surface area (Å²) in [7, 11) is 0. The van der Waals surface area contributed by atoms with E-state index in [1.807, 2.05) is 12.1 Å². The molecule has 1 fully saturated rings. The third kappa shape index (κ3) is 2.42. The van der Waals surface area contributed by atoms with Crippen LogP contribution in [-0.4, -0.2) is 18.2 Å². The number of amides is 1. The summed E-state index contributed by atoms with van der Waals surface area (Å²) in [4.78, 5) is 24.4. The molecule has 3 nitrogen and oxygen atoms in total. The first kappa shape index (κ1) is 12.4. The molecule has 1 saturated carbocycles. The normalized spacial score (nSPS) is 19.7. The van der Waals surface area contributed by atoms with E-state index in [0.717, 1.165) is 50.6 Å². The summed E-state index contributed by atoms with van der Waals surface area (Å²) in [6.45, 7) is 0.722. The summed E-state index contributed by atoms with van der Waals surface area (Å²) >= 11 is 0. The lowest BCUT2D eigenvalue weighted by atomic mass is 9.93. The summed E-state index contributed by atoms with van der Waals surface area (Å²) in [5.74, 6) is 0.359. The second-order valence-electron chi connectivity index (χ2n) is 5.58. The summed E-state index contributed by atoms with van der Waals surface area (Å²) in [5.41, 5.74) is 2.47. The molecule has 1 aromatic rings. The largest absolute Gasteiger partial charge is 0.352 e. The fourth-order valence-electron chi connectivity index (χ4n) is 3.16. The van der Waals surface area contributed by atoms with Gasteiger partial charge in [-0.25, -0.2) is 0 Å². The van der Waals surface area contributed by atoms with Gasteiger partial charge in [-0.3, -0.25) is 9.59 Å². The van der Waals surface area contributed by atoms with Crippen LogP contribution in [0.2, 0.25) is 0 Å². The van der Waals surface area contributed by atoms with Gasteiger partial charge >= 0.3 is 0 Å². The van der Waals surface area contributed by atoms with Crippen molar-refractivity contribution in [3.05, 3.63) is 34.9 Å². The average Bonchev–Trinajstić information content (AvgIpc) is 2.90. The molecule has 1 N–H and O–H groups in total. The van der Waals surface area contributed by atoms with Gasteiger partial charge in [0.2, 0.25) is 0 Å². The van der Waals surface area contributed by atoms with Crippen molar-refractivity contribution in [2.75, 3.05) is 6.54 Å². The predicted molar refractivity (Wildman–Crippen MR) is 73.4 cm³/mol. The van der Waals surface area contributed by atoms with E-state index in [2.05, 4.69) is 5.32 Å². The number of nitrogens with one attached hydrogen (secondary N) is 1. The lowest BCUT2D eigenvalue weighted by molar-refractivity contribution is 0.0923. The number of Topliss-reactive ketones (excluding diaryl/α,β-unsaturated/α-hetero) is 1. The third-order valence-electron chi connectivity index (χ3n) is 4.27. The van der Waals surface area contributed by atoms with E-state index in [-0.39, 0.29) is 17.6 Å². The number of aryl methyl sites for hydroxylation is 1. The van der Waals surface area contributed by atoms with Gasteiger partial charge in [0.1, 0.15) is 0 Å². The maximum Gasteiger partial charge on any atom is 0.251 e. The van der Waals surface area contributed by atoms with Crippen LogP contribution in [0.1, 0.15) is 58.4 Å². The molecular formula is C16H19NO2. The first-order valence-electron chi connectivity index (χ1n) is 7.21. The number of benzene rings is 1. The maximum absolute atomic E-state index is 12.4. The fourth-order valence-corrected chi connectivity index (χ4v) is 3.16. The third-order valence-corrected chi connectivity index (χ3v) is 4.27. The standard InChI is InChI=1S/C16H19NO2/c18-15(12-4-1-2-5-12)13-8-7-11-6-3-9-17-16(19)14(11)10-13/h7-8,10,12H,1-6,9H2,(H,17,19). The molecule has 100 valence electrons. The van der Waals surface area contributed by atoms with E-state index in [9.17, 15) is 9.59 Å². The molecule has 0 saturated heterocycles. The molecule has 1 aliphatic heterocycles. The van der Waals surface area contributed by atoms with Crippen molar-refractivity contribution in [2.45, 2.75) is 38.5 Å². The Morgan fingerprint density at radius 3 is 2.74 bits per heavy atom. The zero-order valence-electron chi connectivity index (χ0n) is 11.1. The van der Waals surface area contributed by atoms with E-state index >= 15 is 0 Å². The van der Waals surface area contributed by atoms with Gasteiger partial charge in [-0.15, -0.1) is 0 Å². The molecule has 2 aliphatic rings. The number of rotatable bonds is 2.